The van der Waals surface area contributed by atoms with Gasteiger partial charge in [-0.1, -0.05) is 35.2 Å². The third-order valence-electron chi connectivity index (χ3n) is 4.96. The molecule has 154 valence electrons. The van der Waals surface area contributed by atoms with Crippen molar-refractivity contribution in [3.05, 3.63) is 50.9 Å². The van der Waals surface area contributed by atoms with Gasteiger partial charge in [0.1, 0.15) is 16.4 Å². The molecule has 0 amide bonds. The van der Waals surface area contributed by atoms with E-state index in [1.165, 1.54) is 40.0 Å². The molecule has 1 aliphatic rings. The van der Waals surface area contributed by atoms with Crippen LogP contribution >= 0.6 is 34.4 Å². The summed E-state index contributed by atoms with van der Waals surface area (Å²) in [5.41, 5.74) is 2.03. The SMILES string of the molecule is COc1ccccc1Nc1nnc(SCc2nc3sc4c(c3c(=O)[nH]2)CCCC4)s1. The Morgan fingerprint density at radius 2 is 2.07 bits per heavy atom. The molecular formula is C20H19N5O2S3. The molecule has 7 nitrogen and oxygen atoms in total. The fourth-order valence-corrected chi connectivity index (χ4v) is 6.50. The Bertz CT molecular complexity index is 1260. The zero-order valence-corrected chi connectivity index (χ0v) is 18.7. The van der Waals surface area contributed by atoms with Crippen LogP contribution in [0.15, 0.2) is 33.4 Å². The first-order valence-electron chi connectivity index (χ1n) is 9.61. The summed E-state index contributed by atoms with van der Waals surface area (Å²) in [7, 11) is 1.64. The van der Waals surface area contributed by atoms with Crippen LogP contribution in [0.5, 0.6) is 5.75 Å². The van der Waals surface area contributed by atoms with Gasteiger partial charge in [-0.25, -0.2) is 4.98 Å². The molecular weight excluding hydrogens is 438 g/mol. The van der Waals surface area contributed by atoms with Crippen molar-refractivity contribution in [1.82, 2.24) is 20.2 Å². The van der Waals surface area contributed by atoms with Crippen molar-refractivity contribution in [2.75, 3.05) is 12.4 Å². The van der Waals surface area contributed by atoms with E-state index >= 15 is 0 Å². The molecule has 3 heterocycles. The molecule has 5 rings (SSSR count). The normalized spacial score (nSPS) is 13.4. The molecule has 4 aromatic rings. The molecule has 0 unspecified atom stereocenters. The molecule has 1 aliphatic carbocycles. The van der Waals surface area contributed by atoms with Crippen LogP contribution in [0.1, 0.15) is 29.1 Å². The van der Waals surface area contributed by atoms with Gasteiger partial charge in [0.25, 0.3) is 5.56 Å². The molecule has 0 aliphatic heterocycles. The van der Waals surface area contributed by atoms with Crippen molar-refractivity contribution < 1.29 is 4.74 Å². The fraction of sp³-hybridized carbons (Fsp3) is 0.300. The van der Waals surface area contributed by atoms with Crippen molar-refractivity contribution in [2.24, 2.45) is 0 Å². The molecule has 2 N–H and O–H groups in total. The lowest BCUT2D eigenvalue weighted by molar-refractivity contribution is 0.417. The van der Waals surface area contributed by atoms with Gasteiger partial charge >= 0.3 is 0 Å². The number of hydrogen-bond acceptors (Lipinski definition) is 9. The summed E-state index contributed by atoms with van der Waals surface area (Å²) < 4.78 is 6.16. The summed E-state index contributed by atoms with van der Waals surface area (Å²) in [6, 6.07) is 7.67. The number of aromatic amines is 1. The topological polar surface area (TPSA) is 92.8 Å². The number of hydrogen-bond donors (Lipinski definition) is 2. The molecule has 10 heteroatoms. The number of aromatic nitrogens is 4. The quantitative estimate of drug-likeness (QED) is 0.403. The summed E-state index contributed by atoms with van der Waals surface area (Å²) >= 11 is 4.64. The number of thioether (sulfide) groups is 1. The number of fused-ring (bicyclic) bond motifs is 3. The highest BCUT2D eigenvalue weighted by molar-refractivity contribution is 8.00. The Hall–Kier alpha value is -2.43. The summed E-state index contributed by atoms with van der Waals surface area (Å²) in [4.78, 5) is 22.5. The van der Waals surface area contributed by atoms with E-state index in [4.69, 9.17) is 9.72 Å². The Balaban J connectivity index is 1.31. The summed E-state index contributed by atoms with van der Waals surface area (Å²) in [6.07, 6.45) is 4.40. The standard InChI is InChI=1S/C20H19N5O2S3/c1-27-13-8-4-3-7-12(13)21-19-24-25-20(30-19)28-10-15-22-17(26)16-11-6-2-5-9-14(11)29-18(16)23-15/h3-4,7-8H,2,5-6,9-10H2,1H3,(H,21,24)(H,22,23,26). The summed E-state index contributed by atoms with van der Waals surface area (Å²) in [5, 5.41) is 13.2. The van der Waals surface area contributed by atoms with Gasteiger partial charge in [0.05, 0.1) is 23.9 Å². The Labute approximate surface area is 184 Å². The minimum atomic E-state index is -0.0224. The van der Waals surface area contributed by atoms with Crippen LogP contribution in [-0.4, -0.2) is 27.3 Å². The summed E-state index contributed by atoms with van der Waals surface area (Å²) in [5.74, 6) is 1.96. The van der Waals surface area contributed by atoms with Crippen LogP contribution in [0.3, 0.4) is 0 Å². The third kappa shape index (κ3) is 3.82. The number of aryl methyl sites for hydroxylation is 2. The van der Waals surface area contributed by atoms with E-state index in [1.807, 2.05) is 24.3 Å². The van der Waals surface area contributed by atoms with Gasteiger partial charge < -0.3 is 15.0 Å². The number of para-hydroxylation sites is 2. The molecule has 0 fully saturated rings. The number of methoxy groups -OCH3 is 1. The first-order chi connectivity index (χ1) is 14.7. The Kier molecular flexibility index (Phi) is 5.45. The minimum Gasteiger partial charge on any atom is -0.495 e. The maximum Gasteiger partial charge on any atom is 0.259 e. The average molecular weight is 458 g/mol. The lowest BCUT2D eigenvalue weighted by Gasteiger charge is -2.09. The maximum absolute atomic E-state index is 12.7. The molecule has 3 aromatic heterocycles. The van der Waals surface area contributed by atoms with E-state index in [0.29, 0.717) is 16.7 Å². The molecule has 0 saturated carbocycles. The third-order valence-corrected chi connectivity index (χ3v) is 8.13. The lowest BCUT2D eigenvalue weighted by Crippen LogP contribution is -2.12. The molecule has 0 atom stereocenters. The lowest BCUT2D eigenvalue weighted by atomic mass is 9.97. The van der Waals surface area contributed by atoms with E-state index in [-0.39, 0.29) is 5.56 Å². The molecule has 1 aromatic carbocycles. The second-order valence-electron chi connectivity index (χ2n) is 6.89. The van der Waals surface area contributed by atoms with Crippen LogP contribution in [0.2, 0.25) is 0 Å². The van der Waals surface area contributed by atoms with E-state index < -0.39 is 0 Å². The van der Waals surface area contributed by atoms with Crippen LogP contribution in [0, 0.1) is 0 Å². The van der Waals surface area contributed by atoms with Gasteiger partial charge in [0.2, 0.25) is 5.13 Å². The summed E-state index contributed by atoms with van der Waals surface area (Å²) in [6.45, 7) is 0. The van der Waals surface area contributed by atoms with Crippen molar-refractivity contribution >= 4 is 55.5 Å². The Morgan fingerprint density at radius 1 is 1.20 bits per heavy atom. The number of ether oxygens (including phenoxy) is 1. The van der Waals surface area contributed by atoms with Crippen molar-refractivity contribution in [3.63, 3.8) is 0 Å². The zero-order chi connectivity index (χ0) is 20.5. The monoisotopic (exact) mass is 457 g/mol. The molecule has 30 heavy (non-hydrogen) atoms. The number of rotatable bonds is 6. The second-order valence-corrected chi connectivity index (χ2v) is 10.2. The number of benzene rings is 1. The predicted molar refractivity (Wildman–Crippen MR) is 123 cm³/mol. The van der Waals surface area contributed by atoms with E-state index in [0.717, 1.165) is 45.3 Å². The van der Waals surface area contributed by atoms with Crippen molar-refractivity contribution in [3.8, 4) is 5.75 Å². The van der Waals surface area contributed by atoms with Gasteiger partial charge in [0.15, 0.2) is 4.34 Å². The number of anilines is 2. The van der Waals surface area contributed by atoms with Crippen molar-refractivity contribution in [2.45, 2.75) is 35.8 Å². The van der Waals surface area contributed by atoms with Gasteiger partial charge in [-0.05, 0) is 43.4 Å². The van der Waals surface area contributed by atoms with Crippen LogP contribution < -0.4 is 15.6 Å². The Morgan fingerprint density at radius 3 is 2.97 bits per heavy atom. The van der Waals surface area contributed by atoms with Crippen molar-refractivity contribution in [1.29, 1.82) is 0 Å². The van der Waals surface area contributed by atoms with E-state index in [9.17, 15) is 4.79 Å². The smallest absolute Gasteiger partial charge is 0.259 e. The second kappa shape index (κ2) is 8.37. The largest absolute Gasteiger partial charge is 0.495 e. The highest BCUT2D eigenvalue weighted by Gasteiger charge is 2.20. The van der Waals surface area contributed by atoms with E-state index in [2.05, 4.69) is 20.5 Å². The van der Waals surface area contributed by atoms with Crippen LogP contribution in [-0.2, 0) is 18.6 Å². The first kappa shape index (κ1) is 19.5. The number of nitrogens with zero attached hydrogens (tertiary/aromatic N) is 3. The highest BCUT2D eigenvalue weighted by atomic mass is 32.2. The zero-order valence-electron chi connectivity index (χ0n) is 16.2. The number of nitrogens with one attached hydrogen (secondary N) is 2. The van der Waals surface area contributed by atoms with Gasteiger partial charge in [-0.15, -0.1) is 21.5 Å². The number of thiophene rings is 1. The van der Waals surface area contributed by atoms with Gasteiger partial charge in [0, 0.05) is 4.88 Å². The molecule has 0 radical (unpaired) electrons. The first-order valence-corrected chi connectivity index (χ1v) is 12.2. The van der Waals surface area contributed by atoms with E-state index in [1.54, 1.807) is 18.4 Å². The number of H-pyrrole nitrogens is 1. The van der Waals surface area contributed by atoms with Crippen LogP contribution in [0.4, 0.5) is 10.8 Å². The van der Waals surface area contributed by atoms with Gasteiger partial charge in [-0.2, -0.15) is 0 Å². The van der Waals surface area contributed by atoms with Gasteiger partial charge in [-0.3, -0.25) is 4.79 Å². The average Bonchev–Trinajstić information content (AvgIpc) is 3.36. The maximum atomic E-state index is 12.7. The molecule has 0 bridgehead atoms. The molecule has 0 spiro atoms. The predicted octanol–water partition coefficient (Wildman–Crippen LogP) is 4.76. The minimum absolute atomic E-state index is 0.0224. The molecule has 0 saturated heterocycles. The fourth-order valence-electron chi connectivity index (χ4n) is 3.59. The highest BCUT2D eigenvalue weighted by Crippen LogP contribution is 2.35. The van der Waals surface area contributed by atoms with Crippen LogP contribution in [0.25, 0.3) is 10.2 Å².